The average molecular weight is 372 g/mol. The van der Waals surface area contributed by atoms with Crippen LogP contribution in [-0.4, -0.2) is 50.5 Å². The van der Waals surface area contributed by atoms with Crippen LogP contribution in [0.15, 0.2) is 24.3 Å². The molecule has 1 aromatic heterocycles. The van der Waals surface area contributed by atoms with Crippen molar-refractivity contribution in [3.05, 3.63) is 41.5 Å². The number of aryl methyl sites for hydroxylation is 1. The van der Waals surface area contributed by atoms with Gasteiger partial charge in [-0.1, -0.05) is 32.0 Å². The monoisotopic (exact) mass is 372 g/mol. The number of carboxylic acid groups (broad SMARTS) is 1. The molecule has 1 unspecified atom stereocenters. The molecule has 1 fully saturated rings. The van der Waals surface area contributed by atoms with E-state index in [9.17, 15) is 9.59 Å². The predicted molar refractivity (Wildman–Crippen MR) is 98.1 cm³/mol. The van der Waals surface area contributed by atoms with Gasteiger partial charge in [0.1, 0.15) is 5.82 Å². The molecule has 1 aliphatic rings. The lowest BCUT2D eigenvalue weighted by atomic mass is 9.94. The summed E-state index contributed by atoms with van der Waals surface area (Å²) in [4.78, 5) is 28.2. The average Bonchev–Trinajstić information content (AvgIpc) is 3.21. The van der Waals surface area contributed by atoms with Crippen molar-refractivity contribution in [1.82, 2.24) is 20.1 Å². The number of hydrogen-bond acceptors (Lipinski definition) is 5. The number of carbonyl (C=O) groups is 2. The van der Waals surface area contributed by atoms with Crippen LogP contribution in [0.5, 0.6) is 0 Å². The second-order valence-corrected chi connectivity index (χ2v) is 7.22. The van der Waals surface area contributed by atoms with Crippen molar-refractivity contribution >= 4 is 11.9 Å². The Morgan fingerprint density at radius 3 is 2.74 bits per heavy atom. The maximum Gasteiger partial charge on any atom is 0.305 e. The quantitative estimate of drug-likeness (QED) is 0.804. The molecule has 8 nitrogen and oxygen atoms in total. The molecule has 144 valence electrons. The van der Waals surface area contributed by atoms with Crippen molar-refractivity contribution < 1.29 is 19.4 Å². The Kier molecular flexibility index (Phi) is 5.27. The van der Waals surface area contributed by atoms with Crippen LogP contribution < -0.4 is 5.32 Å². The van der Waals surface area contributed by atoms with E-state index in [2.05, 4.69) is 29.2 Å². The summed E-state index contributed by atoms with van der Waals surface area (Å²) < 4.78 is 6.97. The minimum Gasteiger partial charge on any atom is -0.481 e. The topological polar surface area (TPSA) is 106 Å². The van der Waals surface area contributed by atoms with Crippen LogP contribution in [0.1, 0.15) is 54.6 Å². The molecule has 0 saturated carbocycles. The van der Waals surface area contributed by atoms with E-state index in [4.69, 9.17) is 9.84 Å². The zero-order valence-electron chi connectivity index (χ0n) is 15.7. The molecule has 0 bridgehead atoms. The zero-order chi connectivity index (χ0) is 19.6. The minimum absolute atomic E-state index is 0.0164. The Hall–Kier alpha value is -2.74. The van der Waals surface area contributed by atoms with E-state index in [1.165, 1.54) is 0 Å². The Balaban J connectivity index is 1.88. The van der Waals surface area contributed by atoms with Gasteiger partial charge in [-0.05, 0) is 30.9 Å². The predicted octanol–water partition coefficient (Wildman–Crippen LogP) is 2.06. The third kappa shape index (κ3) is 4.00. The fourth-order valence-corrected chi connectivity index (χ4v) is 3.36. The van der Waals surface area contributed by atoms with Crippen molar-refractivity contribution in [2.24, 2.45) is 0 Å². The fraction of sp³-hybridized carbons (Fsp3) is 0.474. The first-order chi connectivity index (χ1) is 12.8. The molecule has 0 spiro atoms. The molecule has 0 aliphatic carbocycles. The molecule has 2 heterocycles. The first kappa shape index (κ1) is 19.0. The smallest absolute Gasteiger partial charge is 0.305 e. The van der Waals surface area contributed by atoms with Gasteiger partial charge >= 0.3 is 5.97 Å². The zero-order valence-corrected chi connectivity index (χ0v) is 15.7. The lowest BCUT2D eigenvalue weighted by Crippen LogP contribution is -2.50. The van der Waals surface area contributed by atoms with Crippen molar-refractivity contribution in [3.8, 4) is 5.69 Å². The minimum atomic E-state index is -0.985. The Bertz CT molecular complexity index is 853. The first-order valence-corrected chi connectivity index (χ1v) is 8.96. The lowest BCUT2D eigenvalue weighted by molar-refractivity contribution is -0.138. The molecular formula is C19H24N4O4. The Labute approximate surface area is 157 Å². The molecular weight excluding hydrogens is 348 g/mol. The highest BCUT2D eigenvalue weighted by molar-refractivity contribution is 5.91. The first-order valence-electron chi connectivity index (χ1n) is 8.96. The van der Waals surface area contributed by atoms with Crippen LogP contribution >= 0.6 is 0 Å². The lowest BCUT2D eigenvalue weighted by Gasteiger charge is -2.26. The molecule has 2 N–H and O–H groups in total. The van der Waals surface area contributed by atoms with Gasteiger partial charge in [0.05, 0.1) is 24.3 Å². The van der Waals surface area contributed by atoms with E-state index < -0.39 is 17.4 Å². The second-order valence-electron chi connectivity index (χ2n) is 7.22. The third-order valence-corrected chi connectivity index (χ3v) is 4.73. The molecule has 1 amide bonds. The number of benzene rings is 1. The van der Waals surface area contributed by atoms with E-state index in [-0.39, 0.29) is 24.8 Å². The van der Waals surface area contributed by atoms with Crippen LogP contribution in [0.2, 0.25) is 0 Å². The summed E-state index contributed by atoms with van der Waals surface area (Å²) in [6.07, 6.45) is 0.246. The molecule has 1 atom stereocenters. The van der Waals surface area contributed by atoms with Crippen molar-refractivity contribution in [2.75, 3.05) is 13.2 Å². The van der Waals surface area contributed by atoms with Gasteiger partial charge in [0.25, 0.3) is 5.91 Å². The van der Waals surface area contributed by atoms with Gasteiger partial charge < -0.3 is 15.2 Å². The van der Waals surface area contributed by atoms with Crippen LogP contribution in [-0.2, 0) is 9.53 Å². The number of rotatable bonds is 6. The number of ether oxygens (including phenoxy) is 1. The molecule has 2 aromatic rings. The molecule has 1 aliphatic heterocycles. The van der Waals surface area contributed by atoms with Crippen LogP contribution in [0.25, 0.3) is 5.69 Å². The van der Waals surface area contributed by atoms with E-state index in [1.54, 1.807) is 11.6 Å². The summed E-state index contributed by atoms with van der Waals surface area (Å²) in [6, 6.07) is 7.85. The molecule has 0 radical (unpaired) electrons. The number of aromatic nitrogens is 3. The molecule has 3 rings (SSSR count). The van der Waals surface area contributed by atoms with Gasteiger partial charge in [-0.25, -0.2) is 9.67 Å². The number of carbonyl (C=O) groups excluding carboxylic acids is 1. The maximum absolute atomic E-state index is 12.7. The number of nitrogens with zero attached hydrogens (tertiary/aromatic N) is 3. The van der Waals surface area contributed by atoms with Gasteiger partial charge in [-0.2, -0.15) is 0 Å². The van der Waals surface area contributed by atoms with Gasteiger partial charge in [0.2, 0.25) is 5.82 Å². The fourth-order valence-electron chi connectivity index (χ4n) is 3.36. The van der Waals surface area contributed by atoms with E-state index in [1.807, 2.05) is 24.3 Å². The largest absolute Gasteiger partial charge is 0.481 e. The number of para-hydroxylation sites is 1. The van der Waals surface area contributed by atoms with Crippen LogP contribution in [0, 0.1) is 6.92 Å². The Morgan fingerprint density at radius 1 is 1.37 bits per heavy atom. The maximum atomic E-state index is 12.7. The summed E-state index contributed by atoms with van der Waals surface area (Å²) in [5.41, 5.74) is 1.06. The third-order valence-electron chi connectivity index (χ3n) is 4.73. The summed E-state index contributed by atoms with van der Waals surface area (Å²) in [7, 11) is 0. The highest BCUT2D eigenvalue weighted by Crippen LogP contribution is 2.25. The van der Waals surface area contributed by atoms with Crippen LogP contribution in [0.3, 0.4) is 0 Å². The van der Waals surface area contributed by atoms with Gasteiger partial charge in [0, 0.05) is 6.61 Å². The molecule has 27 heavy (non-hydrogen) atoms. The summed E-state index contributed by atoms with van der Waals surface area (Å²) >= 11 is 0. The van der Waals surface area contributed by atoms with E-state index >= 15 is 0 Å². The van der Waals surface area contributed by atoms with Gasteiger partial charge in [-0.3, -0.25) is 9.59 Å². The molecule has 1 saturated heterocycles. The summed E-state index contributed by atoms with van der Waals surface area (Å²) in [6.45, 7) is 6.55. The molecule has 8 heteroatoms. The van der Waals surface area contributed by atoms with Gasteiger partial charge in [0.15, 0.2) is 0 Å². The SMILES string of the molecule is Cc1nc(C(=O)NC2(CC(=O)O)CCOC2)nn1-c1ccccc1C(C)C. The van der Waals surface area contributed by atoms with Crippen molar-refractivity contribution in [3.63, 3.8) is 0 Å². The van der Waals surface area contributed by atoms with Crippen molar-refractivity contribution in [1.29, 1.82) is 0 Å². The van der Waals surface area contributed by atoms with E-state index in [0.29, 0.717) is 18.9 Å². The Morgan fingerprint density at radius 2 is 2.11 bits per heavy atom. The number of aliphatic carboxylic acids is 1. The van der Waals surface area contributed by atoms with Gasteiger partial charge in [-0.15, -0.1) is 5.10 Å². The number of hydrogen-bond donors (Lipinski definition) is 2. The standard InChI is InChI=1S/C19H24N4O4/c1-12(2)14-6-4-5-7-15(14)23-13(3)20-17(22-23)18(26)21-19(10-16(24)25)8-9-27-11-19/h4-7,12H,8-11H2,1-3H3,(H,21,26)(H,24,25). The normalized spacial score (nSPS) is 19.4. The molecule has 1 aromatic carbocycles. The van der Waals surface area contributed by atoms with Crippen LogP contribution in [0.4, 0.5) is 0 Å². The van der Waals surface area contributed by atoms with Crippen molar-refractivity contribution in [2.45, 2.75) is 45.1 Å². The second kappa shape index (κ2) is 7.48. The summed E-state index contributed by atoms with van der Waals surface area (Å²) in [5, 5.41) is 16.3. The number of carboxylic acids is 1. The highest BCUT2D eigenvalue weighted by atomic mass is 16.5. The summed E-state index contributed by atoms with van der Waals surface area (Å²) in [5.74, 6) is -0.588. The number of amides is 1. The number of nitrogens with one attached hydrogen (secondary N) is 1. The van der Waals surface area contributed by atoms with E-state index in [0.717, 1.165) is 11.3 Å². The highest BCUT2D eigenvalue weighted by Gasteiger charge is 2.39.